The molecule has 0 bridgehead atoms. The molecule has 1 atom stereocenters. The normalized spacial score (nSPS) is 18.5. The van der Waals surface area contributed by atoms with Crippen LogP contribution in [0.2, 0.25) is 0 Å². The highest BCUT2D eigenvalue weighted by Crippen LogP contribution is 2.35. The van der Waals surface area contributed by atoms with Gasteiger partial charge < -0.3 is 15.2 Å². The molecule has 1 saturated heterocycles. The molecule has 4 rings (SSSR count). The largest absolute Gasteiger partial charge is 0.338 e. The lowest BCUT2D eigenvalue weighted by atomic mass is 9.89. The number of ketones is 1. The van der Waals surface area contributed by atoms with Crippen molar-refractivity contribution in [3.63, 3.8) is 0 Å². The maximum Gasteiger partial charge on any atom is 0.261 e. The summed E-state index contributed by atoms with van der Waals surface area (Å²) in [4.78, 5) is 55.8. The number of likely N-dealkylation sites (tertiary alicyclic amines) is 1. The van der Waals surface area contributed by atoms with E-state index in [4.69, 9.17) is 0 Å². The quantitative estimate of drug-likeness (QED) is 0.631. The van der Waals surface area contributed by atoms with Crippen molar-refractivity contribution in [1.29, 1.82) is 0 Å². The van der Waals surface area contributed by atoms with Crippen molar-refractivity contribution in [2.45, 2.75) is 32.1 Å². The van der Waals surface area contributed by atoms with Crippen LogP contribution >= 0.6 is 0 Å². The van der Waals surface area contributed by atoms with Crippen LogP contribution in [0.15, 0.2) is 35.1 Å². The fraction of sp³-hybridized carbons (Fsp3) is 0.333. The van der Waals surface area contributed by atoms with E-state index in [-0.39, 0.29) is 11.1 Å². The molecule has 1 unspecified atom stereocenters. The van der Waals surface area contributed by atoms with Crippen LogP contribution in [0.1, 0.15) is 57.2 Å². The van der Waals surface area contributed by atoms with Crippen LogP contribution in [-0.4, -0.2) is 40.6 Å². The number of anilines is 1. The summed E-state index contributed by atoms with van der Waals surface area (Å²) in [6.45, 7) is 2.77. The minimum atomic E-state index is -1.06. The summed E-state index contributed by atoms with van der Waals surface area (Å²) in [6, 6.07) is 8.46. The van der Waals surface area contributed by atoms with Gasteiger partial charge in [0.05, 0.1) is 0 Å². The van der Waals surface area contributed by atoms with E-state index in [1.807, 2.05) is 0 Å². The standard InChI is InChI=1S/C21H21N3O4/c1-12-11-14(17(20(27)22-12)21(28)24-9-5-2-6-10-24)18(25)16-13-7-3-4-8-15(13)23-19(16)26/h3-4,7-8,11,16H,2,5-6,9-10H2,1H3,(H,22,27)(H,23,26). The van der Waals surface area contributed by atoms with E-state index in [1.165, 1.54) is 6.07 Å². The van der Waals surface area contributed by atoms with Crippen molar-refractivity contribution in [1.82, 2.24) is 9.88 Å². The van der Waals surface area contributed by atoms with Crippen molar-refractivity contribution < 1.29 is 14.4 Å². The third kappa shape index (κ3) is 3.02. The zero-order chi connectivity index (χ0) is 19.8. The maximum absolute atomic E-state index is 13.3. The molecule has 0 aliphatic carbocycles. The molecule has 28 heavy (non-hydrogen) atoms. The molecule has 1 fully saturated rings. The molecule has 2 aliphatic heterocycles. The summed E-state index contributed by atoms with van der Waals surface area (Å²) in [5, 5.41) is 2.70. The van der Waals surface area contributed by atoms with Crippen LogP contribution in [0.25, 0.3) is 0 Å². The molecule has 0 radical (unpaired) electrons. The third-order valence-electron chi connectivity index (χ3n) is 5.34. The Bertz CT molecular complexity index is 1030. The summed E-state index contributed by atoms with van der Waals surface area (Å²) in [6.07, 6.45) is 2.78. The Morgan fingerprint density at radius 1 is 1.07 bits per heavy atom. The van der Waals surface area contributed by atoms with Gasteiger partial charge in [-0.25, -0.2) is 0 Å². The zero-order valence-electron chi connectivity index (χ0n) is 15.6. The predicted octanol–water partition coefficient (Wildman–Crippen LogP) is 2.23. The number of carbonyl (C=O) groups excluding carboxylic acids is 3. The minimum Gasteiger partial charge on any atom is -0.338 e. The number of aromatic nitrogens is 1. The van der Waals surface area contributed by atoms with Gasteiger partial charge in [-0.2, -0.15) is 0 Å². The number of nitrogens with zero attached hydrogens (tertiary/aromatic N) is 1. The number of aromatic amines is 1. The second-order valence-corrected chi connectivity index (χ2v) is 7.30. The van der Waals surface area contributed by atoms with Gasteiger partial charge in [0.2, 0.25) is 5.91 Å². The molecule has 2 aromatic rings. The molecule has 2 N–H and O–H groups in total. The lowest BCUT2D eigenvalue weighted by Gasteiger charge is -2.27. The Labute approximate surface area is 161 Å². The summed E-state index contributed by atoms with van der Waals surface area (Å²) >= 11 is 0. The minimum absolute atomic E-state index is 0.00803. The smallest absolute Gasteiger partial charge is 0.261 e. The lowest BCUT2D eigenvalue weighted by molar-refractivity contribution is -0.116. The van der Waals surface area contributed by atoms with Crippen molar-refractivity contribution >= 4 is 23.3 Å². The monoisotopic (exact) mass is 379 g/mol. The van der Waals surface area contributed by atoms with Gasteiger partial charge in [0.15, 0.2) is 5.78 Å². The van der Waals surface area contributed by atoms with Gasteiger partial charge in [-0.15, -0.1) is 0 Å². The number of pyridine rings is 1. The van der Waals surface area contributed by atoms with Crippen LogP contribution in [0, 0.1) is 6.92 Å². The van der Waals surface area contributed by atoms with Gasteiger partial charge in [0.25, 0.3) is 11.5 Å². The molecular weight excluding hydrogens is 358 g/mol. The van der Waals surface area contributed by atoms with Gasteiger partial charge >= 0.3 is 0 Å². The number of benzene rings is 1. The number of nitrogens with one attached hydrogen (secondary N) is 2. The Kier molecular flexibility index (Phi) is 4.58. The van der Waals surface area contributed by atoms with Gasteiger partial charge in [-0.05, 0) is 43.9 Å². The zero-order valence-corrected chi connectivity index (χ0v) is 15.6. The number of rotatable bonds is 3. The highest BCUT2D eigenvalue weighted by atomic mass is 16.2. The van der Waals surface area contributed by atoms with Gasteiger partial charge in [-0.1, -0.05) is 18.2 Å². The molecule has 2 aliphatic rings. The number of aryl methyl sites for hydroxylation is 1. The summed E-state index contributed by atoms with van der Waals surface area (Å²) in [7, 11) is 0. The topological polar surface area (TPSA) is 99.3 Å². The number of H-pyrrole nitrogens is 1. The first kappa shape index (κ1) is 18.2. The SMILES string of the molecule is Cc1cc(C(=O)C2C(=O)Nc3ccccc32)c(C(=O)N2CCCCC2)c(=O)[nH]1. The average Bonchev–Trinajstić information content (AvgIpc) is 3.02. The van der Waals surface area contributed by atoms with E-state index in [0.717, 1.165) is 19.3 Å². The van der Waals surface area contributed by atoms with Crippen LogP contribution in [0.3, 0.4) is 0 Å². The molecule has 0 saturated carbocycles. The summed E-state index contributed by atoms with van der Waals surface area (Å²) < 4.78 is 0. The molecule has 7 nitrogen and oxygen atoms in total. The van der Waals surface area contributed by atoms with E-state index in [0.29, 0.717) is 30.0 Å². The average molecular weight is 379 g/mol. The van der Waals surface area contributed by atoms with Gasteiger partial charge in [0.1, 0.15) is 11.5 Å². The number of hydrogen-bond acceptors (Lipinski definition) is 4. The lowest BCUT2D eigenvalue weighted by Crippen LogP contribution is -2.40. The first-order valence-electron chi connectivity index (χ1n) is 9.44. The highest BCUT2D eigenvalue weighted by molar-refractivity contribution is 6.23. The summed E-state index contributed by atoms with van der Waals surface area (Å²) in [5.74, 6) is -2.49. The Balaban J connectivity index is 1.79. The van der Waals surface area contributed by atoms with Gasteiger partial charge in [-0.3, -0.25) is 19.2 Å². The molecule has 1 aromatic carbocycles. The maximum atomic E-state index is 13.3. The molecule has 0 spiro atoms. The number of carbonyl (C=O) groups is 3. The molecular formula is C21H21N3O4. The van der Waals surface area contributed by atoms with Crippen molar-refractivity contribution in [3.05, 3.63) is 63.1 Å². The van der Waals surface area contributed by atoms with Crippen LogP contribution in [0.5, 0.6) is 0 Å². The number of amides is 2. The molecule has 1 aromatic heterocycles. The molecule has 3 heterocycles. The van der Waals surface area contributed by atoms with Crippen molar-refractivity contribution in [2.75, 3.05) is 18.4 Å². The fourth-order valence-electron chi connectivity index (χ4n) is 3.97. The van der Waals surface area contributed by atoms with E-state index >= 15 is 0 Å². The Morgan fingerprint density at radius 2 is 1.79 bits per heavy atom. The van der Waals surface area contributed by atoms with E-state index in [9.17, 15) is 19.2 Å². The summed E-state index contributed by atoms with van der Waals surface area (Å²) in [5.41, 5.74) is 0.854. The first-order chi connectivity index (χ1) is 13.5. The van der Waals surface area contributed by atoms with Gasteiger partial charge in [0, 0.05) is 30.0 Å². The molecule has 144 valence electrons. The van der Waals surface area contributed by atoms with E-state index < -0.39 is 29.1 Å². The number of piperidine rings is 1. The second kappa shape index (κ2) is 7.07. The predicted molar refractivity (Wildman–Crippen MR) is 104 cm³/mol. The van der Waals surface area contributed by atoms with Crippen molar-refractivity contribution in [2.24, 2.45) is 0 Å². The Hall–Kier alpha value is -3.22. The second-order valence-electron chi connectivity index (χ2n) is 7.30. The molecule has 7 heteroatoms. The number of para-hydroxylation sites is 1. The highest BCUT2D eigenvalue weighted by Gasteiger charge is 2.39. The van der Waals surface area contributed by atoms with Crippen molar-refractivity contribution in [3.8, 4) is 0 Å². The van der Waals surface area contributed by atoms with Crippen LogP contribution in [-0.2, 0) is 4.79 Å². The van der Waals surface area contributed by atoms with Crippen LogP contribution < -0.4 is 10.9 Å². The molecule has 2 amide bonds. The fourth-order valence-corrected chi connectivity index (χ4v) is 3.97. The van der Waals surface area contributed by atoms with E-state index in [1.54, 1.807) is 36.1 Å². The number of Topliss-reactive ketones (excluding diaryl/α,β-unsaturated/α-hetero) is 1. The first-order valence-corrected chi connectivity index (χ1v) is 9.44. The number of hydrogen-bond donors (Lipinski definition) is 2. The Morgan fingerprint density at radius 3 is 2.54 bits per heavy atom. The van der Waals surface area contributed by atoms with E-state index in [2.05, 4.69) is 10.3 Å². The van der Waals surface area contributed by atoms with Crippen LogP contribution in [0.4, 0.5) is 5.69 Å². The number of fused-ring (bicyclic) bond motifs is 1. The third-order valence-corrected chi connectivity index (χ3v) is 5.34.